The number of benzene rings is 1. The fraction of sp³-hybridized carbons (Fsp3) is 0.500. The fourth-order valence-electron chi connectivity index (χ4n) is 1.68. The molecule has 0 atom stereocenters. The van der Waals surface area contributed by atoms with Crippen LogP contribution in [0.5, 0.6) is 11.5 Å². The van der Waals surface area contributed by atoms with Crippen molar-refractivity contribution in [2.45, 2.75) is 6.42 Å². The van der Waals surface area contributed by atoms with Crippen LogP contribution in [0.3, 0.4) is 0 Å². The summed E-state index contributed by atoms with van der Waals surface area (Å²) in [4.78, 5) is 11.7. The zero-order chi connectivity index (χ0) is 15.7. The zero-order valence-electron chi connectivity index (χ0n) is 12.5. The maximum atomic E-state index is 11.7. The Morgan fingerprint density at radius 2 is 1.90 bits per heavy atom. The average molecular weight is 317 g/mol. The summed E-state index contributed by atoms with van der Waals surface area (Å²) in [6, 6.07) is 3.33. The SMILES string of the molecule is COCCCNC(=O)CNc1cc(Cl)c(OC)cc1OC. The van der Waals surface area contributed by atoms with E-state index in [9.17, 15) is 4.79 Å². The molecule has 118 valence electrons. The van der Waals surface area contributed by atoms with Crippen molar-refractivity contribution in [1.29, 1.82) is 0 Å². The van der Waals surface area contributed by atoms with Gasteiger partial charge < -0.3 is 24.8 Å². The van der Waals surface area contributed by atoms with Crippen molar-refractivity contribution >= 4 is 23.2 Å². The van der Waals surface area contributed by atoms with Gasteiger partial charge in [0.25, 0.3) is 0 Å². The van der Waals surface area contributed by atoms with Crippen LogP contribution in [0.2, 0.25) is 5.02 Å². The molecule has 0 aliphatic heterocycles. The van der Waals surface area contributed by atoms with Crippen LogP contribution in [0.15, 0.2) is 12.1 Å². The summed E-state index contributed by atoms with van der Waals surface area (Å²) in [5.74, 6) is 0.964. The van der Waals surface area contributed by atoms with Crippen LogP contribution in [0.25, 0.3) is 0 Å². The molecule has 0 unspecified atom stereocenters. The first-order chi connectivity index (χ1) is 10.1. The first-order valence-electron chi connectivity index (χ1n) is 6.53. The lowest BCUT2D eigenvalue weighted by Crippen LogP contribution is -2.31. The first kappa shape index (κ1) is 17.4. The number of anilines is 1. The Balaban J connectivity index is 2.54. The summed E-state index contributed by atoms with van der Waals surface area (Å²) in [7, 11) is 4.70. The molecule has 1 amide bonds. The summed E-state index contributed by atoms with van der Waals surface area (Å²) < 4.78 is 15.3. The van der Waals surface area contributed by atoms with Crippen LogP contribution < -0.4 is 20.1 Å². The summed E-state index contributed by atoms with van der Waals surface area (Å²) in [6.07, 6.45) is 0.778. The molecule has 0 bridgehead atoms. The Morgan fingerprint density at radius 1 is 1.19 bits per heavy atom. The number of methoxy groups -OCH3 is 3. The second-order valence-corrected chi connectivity index (χ2v) is 4.64. The number of ether oxygens (including phenoxy) is 3. The third-order valence-electron chi connectivity index (χ3n) is 2.76. The predicted octanol–water partition coefficient (Wildman–Crippen LogP) is 1.92. The topological polar surface area (TPSA) is 68.8 Å². The maximum absolute atomic E-state index is 11.7. The molecule has 0 aliphatic carbocycles. The number of hydrogen-bond donors (Lipinski definition) is 2. The zero-order valence-corrected chi connectivity index (χ0v) is 13.3. The molecule has 0 fully saturated rings. The molecule has 7 heteroatoms. The van der Waals surface area contributed by atoms with Gasteiger partial charge in [0.2, 0.25) is 5.91 Å². The maximum Gasteiger partial charge on any atom is 0.239 e. The summed E-state index contributed by atoms with van der Waals surface area (Å²) >= 11 is 6.06. The van der Waals surface area contributed by atoms with Gasteiger partial charge in [0.15, 0.2) is 0 Å². The summed E-state index contributed by atoms with van der Waals surface area (Å²) in [5.41, 5.74) is 0.635. The van der Waals surface area contributed by atoms with E-state index in [-0.39, 0.29) is 12.5 Å². The minimum Gasteiger partial charge on any atom is -0.495 e. The molecule has 0 aromatic heterocycles. The van der Waals surface area contributed by atoms with Crippen LogP contribution in [0.1, 0.15) is 6.42 Å². The molecule has 0 spiro atoms. The second-order valence-electron chi connectivity index (χ2n) is 4.24. The van der Waals surface area contributed by atoms with Gasteiger partial charge in [-0.2, -0.15) is 0 Å². The van der Waals surface area contributed by atoms with Crippen molar-refractivity contribution in [3.8, 4) is 11.5 Å². The number of carbonyl (C=O) groups excluding carboxylic acids is 1. The quantitative estimate of drug-likeness (QED) is 0.681. The van der Waals surface area contributed by atoms with Crippen molar-refractivity contribution in [2.75, 3.05) is 46.3 Å². The van der Waals surface area contributed by atoms with Gasteiger partial charge in [0, 0.05) is 26.3 Å². The van der Waals surface area contributed by atoms with Crippen LogP contribution in [0, 0.1) is 0 Å². The normalized spacial score (nSPS) is 10.1. The highest BCUT2D eigenvalue weighted by Gasteiger charge is 2.10. The minimum absolute atomic E-state index is 0.111. The Morgan fingerprint density at radius 3 is 2.52 bits per heavy atom. The monoisotopic (exact) mass is 316 g/mol. The van der Waals surface area contributed by atoms with E-state index in [1.165, 1.54) is 7.11 Å². The molecule has 0 saturated carbocycles. The molecule has 1 aromatic rings. The van der Waals surface area contributed by atoms with Crippen LogP contribution >= 0.6 is 11.6 Å². The van der Waals surface area contributed by atoms with Crippen molar-refractivity contribution in [1.82, 2.24) is 5.32 Å². The molecule has 1 aromatic carbocycles. The van der Waals surface area contributed by atoms with E-state index in [1.807, 2.05) is 0 Å². The average Bonchev–Trinajstić information content (AvgIpc) is 2.49. The van der Waals surface area contributed by atoms with Gasteiger partial charge in [-0.1, -0.05) is 11.6 Å². The van der Waals surface area contributed by atoms with E-state index in [4.69, 9.17) is 25.8 Å². The molecule has 6 nitrogen and oxygen atoms in total. The standard InChI is InChI=1S/C14H21ClN2O4/c1-19-6-4-5-16-14(18)9-17-11-7-10(15)12(20-2)8-13(11)21-3/h7-8,17H,4-6,9H2,1-3H3,(H,16,18). The van der Waals surface area contributed by atoms with Crippen molar-refractivity contribution < 1.29 is 19.0 Å². The highest BCUT2D eigenvalue weighted by atomic mass is 35.5. The fourth-order valence-corrected chi connectivity index (χ4v) is 1.92. The summed E-state index contributed by atoms with van der Waals surface area (Å²) in [6.45, 7) is 1.33. The molecule has 21 heavy (non-hydrogen) atoms. The molecule has 0 saturated heterocycles. The van der Waals surface area contributed by atoms with E-state index >= 15 is 0 Å². The van der Waals surface area contributed by atoms with E-state index in [1.54, 1.807) is 26.4 Å². The third kappa shape index (κ3) is 5.69. The Hall–Kier alpha value is -1.66. The van der Waals surface area contributed by atoms with Crippen molar-refractivity contribution in [2.24, 2.45) is 0 Å². The highest BCUT2D eigenvalue weighted by molar-refractivity contribution is 6.32. The van der Waals surface area contributed by atoms with Gasteiger partial charge in [-0.25, -0.2) is 0 Å². The smallest absolute Gasteiger partial charge is 0.239 e. The molecule has 0 heterocycles. The molecular formula is C14H21ClN2O4. The number of carbonyl (C=O) groups is 1. The van der Waals surface area contributed by atoms with E-state index in [0.717, 1.165) is 6.42 Å². The lowest BCUT2D eigenvalue weighted by Gasteiger charge is -2.13. The lowest BCUT2D eigenvalue weighted by molar-refractivity contribution is -0.119. The van der Waals surface area contributed by atoms with Gasteiger partial charge in [-0.3, -0.25) is 4.79 Å². The number of rotatable bonds is 9. The number of amides is 1. The molecule has 0 radical (unpaired) electrons. The lowest BCUT2D eigenvalue weighted by atomic mass is 10.2. The minimum atomic E-state index is -0.111. The van der Waals surface area contributed by atoms with Crippen LogP contribution in [0.4, 0.5) is 5.69 Å². The van der Waals surface area contributed by atoms with Gasteiger partial charge in [0.05, 0.1) is 31.5 Å². The molecule has 1 rings (SSSR count). The van der Waals surface area contributed by atoms with Gasteiger partial charge in [0.1, 0.15) is 11.5 Å². The van der Waals surface area contributed by atoms with Crippen LogP contribution in [-0.2, 0) is 9.53 Å². The van der Waals surface area contributed by atoms with E-state index in [0.29, 0.717) is 35.4 Å². The molecule has 0 aliphatic rings. The van der Waals surface area contributed by atoms with Gasteiger partial charge in [-0.05, 0) is 12.5 Å². The molecule has 2 N–H and O–H groups in total. The Kier molecular flexibility index (Phi) is 7.71. The second kappa shape index (κ2) is 9.31. The van der Waals surface area contributed by atoms with E-state index < -0.39 is 0 Å². The number of halogens is 1. The number of nitrogens with one attached hydrogen (secondary N) is 2. The van der Waals surface area contributed by atoms with E-state index in [2.05, 4.69) is 10.6 Å². The largest absolute Gasteiger partial charge is 0.495 e. The first-order valence-corrected chi connectivity index (χ1v) is 6.91. The highest BCUT2D eigenvalue weighted by Crippen LogP contribution is 2.35. The Labute approximate surface area is 129 Å². The van der Waals surface area contributed by atoms with Crippen molar-refractivity contribution in [3.05, 3.63) is 17.2 Å². The van der Waals surface area contributed by atoms with Crippen LogP contribution in [-0.4, -0.2) is 46.9 Å². The predicted molar refractivity (Wildman–Crippen MR) is 82.5 cm³/mol. The molecular weight excluding hydrogens is 296 g/mol. The van der Waals surface area contributed by atoms with Gasteiger partial charge in [-0.15, -0.1) is 0 Å². The third-order valence-corrected chi connectivity index (χ3v) is 3.06. The van der Waals surface area contributed by atoms with Gasteiger partial charge >= 0.3 is 0 Å². The Bertz CT molecular complexity index is 469. The van der Waals surface area contributed by atoms with Crippen molar-refractivity contribution in [3.63, 3.8) is 0 Å². The number of hydrogen-bond acceptors (Lipinski definition) is 5. The summed E-state index contributed by atoms with van der Waals surface area (Å²) in [5, 5.41) is 6.22.